The number of sulfonamides is 1. The van der Waals surface area contributed by atoms with Gasteiger partial charge >= 0.3 is 0 Å². The predicted molar refractivity (Wildman–Crippen MR) is 85.7 cm³/mol. The number of piperazine rings is 1. The van der Waals surface area contributed by atoms with Gasteiger partial charge in [-0.05, 0) is 24.4 Å². The third-order valence-corrected chi connectivity index (χ3v) is 5.10. The van der Waals surface area contributed by atoms with Gasteiger partial charge in [0.05, 0.1) is 17.0 Å². The lowest BCUT2D eigenvalue weighted by molar-refractivity contribution is 0.270. The van der Waals surface area contributed by atoms with Gasteiger partial charge in [0.2, 0.25) is 10.0 Å². The van der Waals surface area contributed by atoms with Crippen molar-refractivity contribution < 1.29 is 8.42 Å². The van der Waals surface area contributed by atoms with Gasteiger partial charge in [-0.25, -0.2) is 8.42 Å². The van der Waals surface area contributed by atoms with E-state index in [4.69, 9.17) is 23.8 Å². The van der Waals surface area contributed by atoms with Crippen molar-refractivity contribution in [3.63, 3.8) is 0 Å². The second-order valence-electron chi connectivity index (χ2n) is 4.56. The summed E-state index contributed by atoms with van der Waals surface area (Å²) >= 11 is 11.4. The van der Waals surface area contributed by atoms with Crippen LogP contribution in [0.1, 0.15) is 0 Å². The Bertz CT molecular complexity index is 598. The van der Waals surface area contributed by atoms with E-state index < -0.39 is 10.0 Å². The lowest BCUT2D eigenvalue weighted by atomic mass is 10.3. The van der Waals surface area contributed by atoms with E-state index in [-0.39, 0.29) is 0 Å². The molecule has 1 aliphatic heterocycles. The Labute approximate surface area is 129 Å². The average molecular weight is 334 g/mol. The summed E-state index contributed by atoms with van der Waals surface area (Å²) in [6.07, 6.45) is 1.23. The normalized spacial score (nSPS) is 17.0. The summed E-state index contributed by atoms with van der Waals surface area (Å²) in [4.78, 5) is 1.94. The number of halogens is 1. The molecule has 1 N–H and O–H groups in total. The van der Waals surface area contributed by atoms with E-state index in [0.29, 0.717) is 36.3 Å². The molecular formula is C12H16ClN3O2S2. The zero-order valence-corrected chi connectivity index (χ0v) is 13.4. The van der Waals surface area contributed by atoms with E-state index >= 15 is 0 Å². The first kappa shape index (κ1) is 15.5. The molecule has 5 nitrogen and oxygen atoms in total. The van der Waals surface area contributed by atoms with Gasteiger partial charge in [0.15, 0.2) is 5.11 Å². The fourth-order valence-electron chi connectivity index (χ4n) is 1.98. The van der Waals surface area contributed by atoms with Gasteiger partial charge in [-0.2, -0.15) is 4.31 Å². The molecule has 0 radical (unpaired) electrons. The van der Waals surface area contributed by atoms with Crippen molar-refractivity contribution in [3.05, 3.63) is 29.3 Å². The average Bonchev–Trinajstić information content (AvgIpc) is 2.40. The van der Waals surface area contributed by atoms with Crippen LogP contribution in [-0.2, 0) is 10.0 Å². The molecule has 1 heterocycles. The standard InChI is InChI=1S/C12H16ClN3O2S2/c1-20(17,18)16-8-6-15(7-9-16)12(19)14-11-5-3-2-4-10(11)13/h2-5H,6-9H2,1H3,(H,14,19). The Balaban J connectivity index is 1.94. The minimum atomic E-state index is -3.12. The summed E-state index contributed by atoms with van der Waals surface area (Å²) in [6.45, 7) is 2.04. The molecule has 2 rings (SSSR count). The van der Waals surface area contributed by atoms with Crippen LogP contribution in [0.2, 0.25) is 5.02 Å². The Kier molecular flexibility index (Phi) is 4.85. The van der Waals surface area contributed by atoms with Gasteiger partial charge in [0.1, 0.15) is 0 Å². The molecule has 0 bridgehead atoms. The highest BCUT2D eigenvalue weighted by Crippen LogP contribution is 2.21. The Hall–Kier alpha value is -0.890. The number of para-hydroxylation sites is 1. The number of rotatable bonds is 2. The fourth-order valence-corrected chi connectivity index (χ4v) is 3.28. The van der Waals surface area contributed by atoms with Crippen molar-refractivity contribution in [1.82, 2.24) is 9.21 Å². The Morgan fingerprint density at radius 1 is 1.25 bits per heavy atom. The minimum absolute atomic E-state index is 0.448. The van der Waals surface area contributed by atoms with Crippen LogP contribution in [0, 0.1) is 0 Å². The summed E-state index contributed by atoms with van der Waals surface area (Å²) in [5.74, 6) is 0. The molecule has 8 heteroatoms. The highest BCUT2D eigenvalue weighted by molar-refractivity contribution is 7.88. The smallest absolute Gasteiger partial charge is 0.211 e. The molecule has 1 fully saturated rings. The van der Waals surface area contributed by atoms with Crippen LogP contribution in [0.5, 0.6) is 0 Å². The number of nitrogens with zero attached hydrogens (tertiary/aromatic N) is 2. The molecule has 0 aromatic heterocycles. The SMILES string of the molecule is CS(=O)(=O)N1CCN(C(=S)Nc2ccccc2Cl)CC1. The lowest BCUT2D eigenvalue weighted by Crippen LogP contribution is -2.51. The van der Waals surface area contributed by atoms with Crippen molar-refractivity contribution in [2.75, 3.05) is 37.8 Å². The maximum absolute atomic E-state index is 11.4. The van der Waals surface area contributed by atoms with Crippen molar-refractivity contribution in [3.8, 4) is 0 Å². The predicted octanol–water partition coefficient (Wildman–Crippen LogP) is 1.61. The van der Waals surface area contributed by atoms with Crippen LogP contribution in [0.15, 0.2) is 24.3 Å². The van der Waals surface area contributed by atoms with Crippen LogP contribution in [-0.4, -0.2) is 55.2 Å². The maximum atomic E-state index is 11.4. The molecule has 110 valence electrons. The van der Waals surface area contributed by atoms with Gasteiger partial charge in [-0.3, -0.25) is 0 Å². The molecule has 0 spiro atoms. The van der Waals surface area contributed by atoms with Crippen LogP contribution >= 0.6 is 23.8 Å². The lowest BCUT2D eigenvalue weighted by Gasteiger charge is -2.34. The third-order valence-electron chi connectivity index (χ3n) is 3.11. The molecule has 1 saturated heterocycles. The monoisotopic (exact) mass is 333 g/mol. The van der Waals surface area contributed by atoms with Crippen molar-refractivity contribution in [1.29, 1.82) is 0 Å². The molecule has 1 aromatic rings. The van der Waals surface area contributed by atoms with Crippen molar-refractivity contribution in [2.24, 2.45) is 0 Å². The number of nitrogens with one attached hydrogen (secondary N) is 1. The minimum Gasteiger partial charge on any atom is -0.346 e. The second kappa shape index (κ2) is 6.26. The number of anilines is 1. The van der Waals surface area contributed by atoms with E-state index in [1.165, 1.54) is 10.6 Å². The van der Waals surface area contributed by atoms with Crippen LogP contribution in [0.4, 0.5) is 5.69 Å². The van der Waals surface area contributed by atoms with E-state index in [1.54, 1.807) is 6.07 Å². The topological polar surface area (TPSA) is 52.7 Å². The first-order chi connectivity index (χ1) is 9.38. The summed E-state index contributed by atoms with van der Waals surface area (Å²) < 4.78 is 24.3. The van der Waals surface area contributed by atoms with Gasteiger partial charge in [0.25, 0.3) is 0 Å². The largest absolute Gasteiger partial charge is 0.346 e. The Morgan fingerprint density at radius 3 is 2.40 bits per heavy atom. The van der Waals surface area contributed by atoms with E-state index in [2.05, 4.69) is 5.32 Å². The summed E-state index contributed by atoms with van der Waals surface area (Å²) in [5.41, 5.74) is 0.754. The van der Waals surface area contributed by atoms with Gasteiger partial charge in [0, 0.05) is 26.2 Å². The van der Waals surface area contributed by atoms with Crippen LogP contribution in [0.25, 0.3) is 0 Å². The quantitative estimate of drug-likeness (QED) is 0.833. The van der Waals surface area contributed by atoms with E-state index in [0.717, 1.165) is 5.69 Å². The van der Waals surface area contributed by atoms with Crippen molar-refractivity contribution >= 4 is 44.6 Å². The highest BCUT2D eigenvalue weighted by Gasteiger charge is 2.24. The number of benzene rings is 1. The Morgan fingerprint density at radius 2 is 1.85 bits per heavy atom. The second-order valence-corrected chi connectivity index (χ2v) is 7.34. The fraction of sp³-hybridized carbons (Fsp3) is 0.417. The molecule has 0 aliphatic carbocycles. The summed E-state index contributed by atoms with van der Waals surface area (Å²) in [6, 6.07) is 7.36. The van der Waals surface area contributed by atoms with Gasteiger partial charge in [-0.1, -0.05) is 23.7 Å². The number of hydrogen-bond donors (Lipinski definition) is 1. The first-order valence-electron chi connectivity index (χ1n) is 6.13. The van der Waals surface area contributed by atoms with E-state index in [9.17, 15) is 8.42 Å². The van der Waals surface area contributed by atoms with Gasteiger partial charge < -0.3 is 10.2 Å². The summed E-state index contributed by atoms with van der Waals surface area (Å²) in [5, 5.41) is 4.25. The molecule has 0 saturated carbocycles. The molecule has 1 aliphatic rings. The first-order valence-corrected chi connectivity index (χ1v) is 8.77. The zero-order valence-electron chi connectivity index (χ0n) is 11.0. The maximum Gasteiger partial charge on any atom is 0.211 e. The molecule has 20 heavy (non-hydrogen) atoms. The molecule has 0 unspecified atom stereocenters. The van der Waals surface area contributed by atoms with E-state index in [1.807, 2.05) is 23.1 Å². The molecular weight excluding hydrogens is 318 g/mol. The number of hydrogen-bond acceptors (Lipinski definition) is 3. The van der Waals surface area contributed by atoms with Crippen LogP contribution in [0.3, 0.4) is 0 Å². The number of thiocarbonyl (C=S) groups is 1. The summed E-state index contributed by atoms with van der Waals surface area (Å²) in [7, 11) is -3.12. The zero-order chi connectivity index (χ0) is 14.8. The molecule has 0 atom stereocenters. The highest BCUT2D eigenvalue weighted by atomic mass is 35.5. The molecule has 0 amide bonds. The molecule has 1 aromatic carbocycles. The van der Waals surface area contributed by atoms with Crippen molar-refractivity contribution in [2.45, 2.75) is 0 Å². The van der Waals surface area contributed by atoms with Crippen LogP contribution < -0.4 is 5.32 Å². The third kappa shape index (κ3) is 3.82. The van der Waals surface area contributed by atoms with Gasteiger partial charge in [-0.15, -0.1) is 0 Å².